The van der Waals surface area contributed by atoms with Crippen molar-refractivity contribution in [3.63, 3.8) is 0 Å². The molecule has 2 bridgehead atoms. The Morgan fingerprint density at radius 3 is 2.17 bits per heavy atom. The van der Waals surface area contributed by atoms with Gasteiger partial charge in [0.2, 0.25) is 0 Å². The number of benzene rings is 1. The van der Waals surface area contributed by atoms with Crippen molar-refractivity contribution in [2.75, 3.05) is 20.3 Å². The lowest BCUT2D eigenvalue weighted by molar-refractivity contribution is -0.134. The van der Waals surface area contributed by atoms with E-state index in [4.69, 9.17) is 42.9 Å². The maximum Gasteiger partial charge on any atom is 0.328 e. The highest BCUT2D eigenvalue weighted by Gasteiger charge is 2.41. The number of aliphatic carboxylic acids is 2. The van der Waals surface area contributed by atoms with Crippen molar-refractivity contribution in [3.05, 3.63) is 40.4 Å². The predicted octanol–water partition coefficient (Wildman–Crippen LogP) is 3.73. The second-order valence-corrected chi connectivity index (χ2v) is 7.73. The van der Waals surface area contributed by atoms with Crippen LogP contribution in [0.4, 0.5) is 0 Å². The molecule has 2 saturated heterocycles. The first kappa shape index (κ1) is 23.5. The Morgan fingerprint density at radius 1 is 1.10 bits per heavy atom. The van der Waals surface area contributed by atoms with Crippen LogP contribution in [-0.4, -0.2) is 65.5 Å². The summed E-state index contributed by atoms with van der Waals surface area (Å²) < 4.78 is 11.3. The number of carbonyl (C=O) groups is 2. The van der Waals surface area contributed by atoms with E-state index in [1.165, 1.54) is 12.8 Å². The molecule has 1 aromatic carbocycles. The van der Waals surface area contributed by atoms with E-state index in [0.29, 0.717) is 34.3 Å². The summed E-state index contributed by atoms with van der Waals surface area (Å²) in [6, 6.07) is 6.76. The van der Waals surface area contributed by atoms with Crippen molar-refractivity contribution < 1.29 is 29.3 Å². The van der Waals surface area contributed by atoms with E-state index in [0.717, 1.165) is 31.7 Å². The lowest BCUT2D eigenvalue weighted by Gasteiger charge is -2.38. The summed E-state index contributed by atoms with van der Waals surface area (Å²) in [5.74, 6) is -1.70. The Hall–Kier alpha value is -1.80. The van der Waals surface area contributed by atoms with Gasteiger partial charge in [0, 0.05) is 44.0 Å². The monoisotopic (exact) mass is 445 g/mol. The first-order chi connectivity index (χ1) is 13.8. The Bertz CT molecular complexity index is 712. The van der Waals surface area contributed by atoms with E-state index in [9.17, 15) is 9.59 Å². The van der Waals surface area contributed by atoms with E-state index in [2.05, 4.69) is 4.90 Å². The number of rotatable bonds is 7. The van der Waals surface area contributed by atoms with Crippen LogP contribution in [0.25, 0.3) is 0 Å². The molecule has 1 aromatic rings. The van der Waals surface area contributed by atoms with Gasteiger partial charge in [0.15, 0.2) is 0 Å². The third-order valence-corrected chi connectivity index (χ3v) is 5.70. The summed E-state index contributed by atoms with van der Waals surface area (Å²) in [4.78, 5) is 21.7. The number of methoxy groups -OCH3 is 1. The maximum absolute atomic E-state index is 9.55. The summed E-state index contributed by atoms with van der Waals surface area (Å²) in [6.45, 7) is 1.84. The van der Waals surface area contributed by atoms with Crippen molar-refractivity contribution in [1.29, 1.82) is 0 Å². The minimum absolute atomic E-state index is 0.276. The Morgan fingerprint density at radius 2 is 1.69 bits per heavy atom. The average molecular weight is 446 g/mol. The first-order valence-electron chi connectivity index (χ1n) is 9.30. The fourth-order valence-corrected chi connectivity index (χ4v) is 4.06. The van der Waals surface area contributed by atoms with Gasteiger partial charge in [0.1, 0.15) is 11.9 Å². The van der Waals surface area contributed by atoms with Gasteiger partial charge in [-0.05, 0) is 37.8 Å². The van der Waals surface area contributed by atoms with Crippen LogP contribution in [0.15, 0.2) is 30.4 Å². The van der Waals surface area contributed by atoms with Crippen molar-refractivity contribution in [2.24, 2.45) is 0 Å². The van der Waals surface area contributed by atoms with Crippen LogP contribution in [-0.2, 0) is 14.3 Å². The lowest BCUT2D eigenvalue weighted by atomic mass is 9.99. The zero-order valence-electron chi connectivity index (χ0n) is 16.1. The molecule has 3 rings (SSSR count). The predicted molar refractivity (Wildman–Crippen MR) is 110 cm³/mol. The molecule has 2 aliphatic heterocycles. The van der Waals surface area contributed by atoms with E-state index < -0.39 is 11.9 Å². The van der Waals surface area contributed by atoms with E-state index in [1.54, 1.807) is 13.2 Å². The van der Waals surface area contributed by atoms with Gasteiger partial charge in [-0.25, -0.2) is 9.59 Å². The molecular formula is C20H25Cl2NO6. The molecule has 0 spiro atoms. The highest BCUT2D eigenvalue weighted by molar-refractivity contribution is 6.42. The molecule has 0 radical (unpaired) electrons. The molecule has 0 aliphatic carbocycles. The normalized spacial score (nSPS) is 23.5. The van der Waals surface area contributed by atoms with Crippen LogP contribution >= 0.6 is 23.2 Å². The molecule has 0 amide bonds. The Kier molecular flexibility index (Phi) is 9.23. The summed E-state index contributed by atoms with van der Waals surface area (Å²) >= 11 is 12.0. The van der Waals surface area contributed by atoms with E-state index in [1.807, 2.05) is 12.1 Å². The zero-order valence-corrected chi connectivity index (χ0v) is 17.6. The molecule has 2 atom stereocenters. The fraction of sp³-hybridized carbons (Fsp3) is 0.500. The summed E-state index contributed by atoms with van der Waals surface area (Å²) in [6.07, 6.45) is 6.11. The van der Waals surface area contributed by atoms with Crippen molar-refractivity contribution >= 4 is 35.1 Å². The molecule has 0 saturated carbocycles. The van der Waals surface area contributed by atoms with Gasteiger partial charge >= 0.3 is 11.9 Å². The van der Waals surface area contributed by atoms with Crippen LogP contribution in [0.1, 0.15) is 25.7 Å². The van der Waals surface area contributed by atoms with Gasteiger partial charge in [0.05, 0.1) is 16.7 Å². The summed E-state index contributed by atoms with van der Waals surface area (Å²) in [5, 5.41) is 16.7. The number of nitrogens with zero attached hydrogens (tertiary/aromatic N) is 1. The molecular weight excluding hydrogens is 421 g/mol. The van der Waals surface area contributed by atoms with Gasteiger partial charge in [-0.15, -0.1) is 0 Å². The van der Waals surface area contributed by atoms with Gasteiger partial charge in [-0.3, -0.25) is 4.90 Å². The largest absolute Gasteiger partial charge is 0.490 e. The molecule has 2 fully saturated rings. The third kappa shape index (κ3) is 7.51. The molecule has 2 heterocycles. The lowest BCUT2D eigenvalue weighted by Crippen LogP contribution is -2.47. The zero-order chi connectivity index (χ0) is 21.4. The molecule has 9 heteroatoms. The van der Waals surface area contributed by atoms with E-state index >= 15 is 0 Å². The average Bonchev–Trinajstić information content (AvgIpc) is 2.90. The van der Waals surface area contributed by atoms with Crippen molar-refractivity contribution in [3.8, 4) is 5.75 Å². The van der Waals surface area contributed by atoms with Crippen LogP contribution in [0, 0.1) is 0 Å². The van der Waals surface area contributed by atoms with Gasteiger partial charge < -0.3 is 19.7 Å². The van der Waals surface area contributed by atoms with Crippen LogP contribution in [0.3, 0.4) is 0 Å². The second kappa shape index (κ2) is 11.4. The van der Waals surface area contributed by atoms with Crippen molar-refractivity contribution in [2.45, 2.75) is 43.9 Å². The minimum Gasteiger partial charge on any atom is -0.490 e. The number of carboxylic acid groups (broad SMARTS) is 2. The number of ether oxygens (including phenoxy) is 2. The van der Waals surface area contributed by atoms with Crippen LogP contribution < -0.4 is 4.74 Å². The molecule has 2 N–H and O–H groups in total. The van der Waals surface area contributed by atoms with Crippen molar-refractivity contribution in [1.82, 2.24) is 4.90 Å². The van der Waals surface area contributed by atoms with Gasteiger partial charge in [-0.2, -0.15) is 0 Å². The number of piperidine rings is 1. The SMILES string of the molecule is COCCN1C2CCC1CC(Oc1ccc(Cl)c(Cl)c1)C2.O=C(O)/C=C/C(=O)O. The molecule has 160 valence electrons. The Labute approximate surface area is 179 Å². The molecule has 2 aliphatic rings. The summed E-state index contributed by atoms with van der Waals surface area (Å²) in [7, 11) is 1.77. The fourth-order valence-electron chi connectivity index (χ4n) is 3.77. The number of carboxylic acids is 2. The highest BCUT2D eigenvalue weighted by atomic mass is 35.5. The number of halogens is 2. The molecule has 2 unspecified atom stereocenters. The minimum atomic E-state index is -1.26. The number of hydrogen-bond acceptors (Lipinski definition) is 5. The quantitative estimate of drug-likeness (QED) is 0.617. The molecule has 0 aromatic heterocycles. The van der Waals surface area contributed by atoms with E-state index in [-0.39, 0.29) is 6.10 Å². The molecule has 29 heavy (non-hydrogen) atoms. The highest BCUT2D eigenvalue weighted by Crippen LogP contribution is 2.37. The topological polar surface area (TPSA) is 96.3 Å². The first-order valence-corrected chi connectivity index (χ1v) is 10.1. The van der Waals surface area contributed by atoms with Crippen LogP contribution in [0.5, 0.6) is 5.75 Å². The second-order valence-electron chi connectivity index (χ2n) is 6.91. The van der Waals surface area contributed by atoms with Crippen LogP contribution in [0.2, 0.25) is 10.0 Å². The number of fused-ring (bicyclic) bond motifs is 2. The Balaban J connectivity index is 0.000000321. The van der Waals surface area contributed by atoms with Gasteiger partial charge in [0.25, 0.3) is 0 Å². The smallest absolute Gasteiger partial charge is 0.328 e. The number of hydrogen-bond donors (Lipinski definition) is 2. The standard InChI is InChI=1S/C16H21Cl2NO2.C4H4O4/c1-20-7-6-19-11-2-3-12(19)9-14(8-11)21-13-4-5-15(17)16(18)10-13;5-3(6)1-2-4(7)8/h4-5,10-12,14H,2-3,6-9H2,1H3;1-2H,(H,5,6)(H,7,8)/b;2-1+. The molecule has 7 nitrogen and oxygen atoms in total. The third-order valence-electron chi connectivity index (χ3n) is 4.96. The maximum atomic E-state index is 9.55. The summed E-state index contributed by atoms with van der Waals surface area (Å²) in [5.41, 5.74) is 0. The van der Waals surface area contributed by atoms with Gasteiger partial charge in [-0.1, -0.05) is 23.2 Å².